The Kier molecular flexibility index (Phi) is 7.71. The third-order valence-corrected chi connectivity index (χ3v) is 6.78. The molecule has 4 rings (SSSR count). The summed E-state index contributed by atoms with van der Waals surface area (Å²) in [6.45, 7) is 6.47. The summed E-state index contributed by atoms with van der Waals surface area (Å²) in [4.78, 5) is 34.0. The molecule has 2 aromatic heterocycles. The van der Waals surface area contributed by atoms with Crippen molar-refractivity contribution in [3.8, 4) is 5.69 Å². The van der Waals surface area contributed by atoms with Crippen LogP contribution in [0.25, 0.3) is 16.6 Å². The maximum Gasteiger partial charge on any atom is 0.290 e. The molecule has 35 heavy (non-hydrogen) atoms. The monoisotopic (exact) mass is 491 g/mol. The summed E-state index contributed by atoms with van der Waals surface area (Å²) in [6.07, 6.45) is 5.54. The van der Waals surface area contributed by atoms with Gasteiger partial charge in [0, 0.05) is 11.6 Å². The highest BCUT2D eigenvalue weighted by Gasteiger charge is 2.29. The van der Waals surface area contributed by atoms with Crippen LogP contribution in [0.5, 0.6) is 0 Å². The molecule has 6 nitrogen and oxygen atoms in total. The predicted molar refractivity (Wildman–Crippen MR) is 139 cm³/mol. The van der Waals surface area contributed by atoms with E-state index in [-0.39, 0.29) is 17.2 Å². The van der Waals surface area contributed by atoms with Crippen molar-refractivity contribution in [3.63, 3.8) is 0 Å². The number of carbonyl (C=O) groups excluding carboxylic acids is 1. The average molecular weight is 492 g/mol. The highest BCUT2D eigenvalue weighted by molar-refractivity contribution is 6.31. The van der Waals surface area contributed by atoms with Crippen LogP contribution in [0.4, 0.5) is 0 Å². The molecule has 0 bridgehead atoms. The van der Waals surface area contributed by atoms with E-state index in [1.165, 1.54) is 6.26 Å². The first-order valence-corrected chi connectivity index (χ1v) is 12.4. The van der Waals surface area contributed by atoms with Crippen LogP contribution < -0.4 is 5.56 Å². The van der Waals surface area contributed by atoms with E-state index in [0.717, 1.165) is 31.2 Å². The van der Waals surface area contributed by atoms with E-state index >= 15 is 0 Å². The number of benzene rings is 2. The Hall–Kier alpha value is -3.38. The molecule has 0 saturated carbocycles. The number of amides is 1. The molecule has 2 heterocycles. The minimum absolute atomic E-state index is 0.195. The second kappa shape index (κ2) is 10.9. The van der Waals surface area contributed by atoms with Gasteiger partial charge in [0.15, 0.2) is 5.76 Å². The van der Waals surface area contributed by atoms with Crippen molar-refractivity contribution >= 4 is 28.4 Å². The zero-order valence-electron chi connectivity index (χ0n) is 20.3. The van der Waals surface area contributed by atoms with Crippen molar-refractivity contribution in [2.45, 2.75) is 52.5 Å². The summed E-state index contributed by atoms with van der Waals surface area (Å²) in [5.74, 6) is 0.520. The number of fused-ring (bicyclic) bond motifs is 1. The van der Waals surface area contributed by atoms with E-state index in [2.05, 4.69) is 6.92 Å². The second-order valence-corrected chi connectivity index (χ2v) is 9.13. The fourth-order valence-corrected chi connectivity index (χ4v) is 4.53. The van der Waals surface area contributed by atoms with Crippen molar-refractivity contribution in [1.29, 1.82) is 0 Å². The molecule has 0 N–H and O–H groups in total. The Morgan fingerprint density at radius 2 is 1.89 bits per heavy atom. The van der Waals surface area contributed by atoms with Gasteiger partial charge in [0.25, 0.3) is 11.5 Å². The topological polar surface area (TPSA) is 68.3 Å². The summed E-state index contributed by atoms with van der Waals surface area (Å²) in [6, 6.07) is 15.6. The van der Waals surface area contributed by atoms with E-state index in [9.17, 15) is 9.59 Å². The van der Waals surface area contributed by atoms with Crippen LogP contribution in [-0.2, 0) is 0 Å². The molecule has 0 aliphatic carbocycles. The van der Waals surface area contributed by atoms with Gasteiger partial charge in [-0.1, -0.05) is 56.0 Å². The third-order valence-electron chi connectivity index (χ3n) is 6.37. The minimum Gasteiger partial charge on any atom is -0.459 e. The zero-order chi connectivity index (χ0) is 24.9. The first kappa shape index (κ1) is 24.7. The van der Waals surface area contributed by atoms with Gasteiger partial charge in [0.05, 0.1) is 28.9 Å². The highest BCUT2D eigenvalue weighted by Crippen LogP contribution is 2.28. The first-order chi connectivity index (χ1) is 16.9. The van der Waals surface area contributed by atoms with E-state index in [1.807, 2.05) is 44.2 Å². The Balaban J connectivity index is 1.89. The number of nitrogens with zero attached hydrogens (tertiary/aromatic N) is 3. The molecule has 0 spiro atoms. The smallest absolute Gasteiger partial charge is 0.290 e. The number of unbranched alkanes of at least 4 members (excludes halogenated alkanes) is 3. The third kappa shape index (κ3) is 5.03. The summed E-state index contributed by atoms with van der Waals surface area (Å²) in [5, 5.41) is 1.07. The summed E-state index contributed by atoms with van der Waals surface area (Å²) < 4.78 is 7.04. The summed E-state index contributed by atoms with van der Waals surface area (Å²) in [7, 11) is 0. The van der Waals surface area contributed by atoms with Gasteiger partial charge in [-0.05, 0) is 62.2 Å². The van der Waals surface area contributed by atoms with Crippen molar-refractivity contribution in [2.75, 3.05) is 6.54 Å². The zero-order valence-corrected chi connectivity index (χ0v) is 21.1. The van der Waals surface area contributed by atoms with E-state index in [0.29, 0.717) is 34.0 Å². The Labute approximate surface area is 210 Å². The van der Waals surface area contributed by atoms with Crippen LogP contribution in [0.1, 0.15) is 67.5 Å². The molecule has 0 fully saturated rings. The molecular formula is C28H30ClN3O3. The molecule has 4 aromatic rings. The molecule has 182 valence electrons. The highest BCUT2D eigenvalue weighted by atomic mass is 35.5. The van der Waals surface area contributed by atoms with Crippen LogP contribution in [0.3, 0.4) is 0 Å². The molecule has 7 heteroatoms. The van der Waals surface area contributed by atoms with Crippen molar-refractivity contribution < 1.29 is 9.21 Å². The van der Waals surface area contributed by atoms with Crippen molar-refractivity contribution in [2.24, 2.45) is 0 Å². The quantitative estimate of drug-likeness (QED) is 0.243. The molecule has 2 aromatic carbocycles. The van der Waals surface area contributed by atoms with Gasteiger partial charge in [-0.2, -0.15) is 0 Å². The van der Waals surface area contributed by atoms with Gasteiger partial charge in [-0.3, -0.25) is 14.2 Å². The van der Waals surface area contributed by atoms with Gasteiger partial charge in [0.1, 0.15) is 5.82 Å². The van der Waals surface area contributed by atoms with Gasteiger partial charge in [-0.25, -0.2) is 4.98 Å². The number of hydrogen-bond donors (Lipinski definition) is 0. The van der Waals surface area contributed by atoms with E-state index in [4.69, 9.17) is 21.0 Å². The number of furan rings is 1. The first-order valence-electron chi connectivity index (χ1n) is 12.1. The normalized spacial score (nSPS) is 12.1. The van der Waals surface area contributed by atoms with Gasteiger partial charge in [-0.15, -0.1) is 0 Å². The largest absolute Gasteiger partial charge is 0.459 e. The van der Waals surface area contributed by atoms with Crippen LogP contribution in [0, 0.1) is 6.92 Å². The lowest BCUT2D eigenvalue weighted by molar-refractivity contribution is 0.0644. The molecule has 0 radical (unpaired) electrons. The fraction of sp³-hybridized carbons (Fsp3) is 0.321. The molecule has 0 aliphatic heterocycles. The lowest BCUT2D eigenvalue weighted by Crippen LogP contribution is -2.38. The minimum atomic E-state index is -0.495. The van der Waals surface area contributed by atoms with Gasteiger partial charge >= 0.3 is 0 Å². The molecule has 0 saturated heterocycles. The Morgan fingerprint density at radius 1 is 1.09 bits per heavy atom. The maximum absolute atomic E-state index is 13.8. The number of halogens is 1. The number of rotatable bonds is 9. The van der Waals surface area contributed by atoms with Crippen molar-refractivity contribution in [3.05, 3.63) is 93.4 Å². The van der Waals surface area contributed by atoms with E-state index < -0.39 is 6.04 Å². The van der Waals surface area contributed by atoms with Crippen LogP contribution in [0.2, 0.25) is 5.02 Å². The average Bonchev–Trinajstić information content (AvgIpc) is 3.41. The molecule has 1 atom stereocenters. The standard InChI is InChI=1S/C28H30ClN3O3/c1-4-5-6-9-17-31(28(34)25-16-11-18-35-25)20(3)26-30-23-14-8-7-12-21(23)27(33)32(26)24-15-10-13-22(29)19(24)2/h7-8,10-16,18,20H,4-6,9,17H2,1-3H3. The van der Waals surface area contributed by atoms with Crippen LogP contribution in [-0.4, -0.2) is 26.9 Å². The predicted octanol–water partition coefficient (Wildman–Crippen LogP) is 6.72. The Morgan fingerprint density at radius 3 is 2.63 bits per heavy atom. The maximum atomic E-state index is 13.8. The molecule has 1 unspecified atom stereocenters. The van der Waals surface area contributed by atoms with Gasteiger partial charge in [0.2, 0.25) is 0 Å². The molecular weight excluding hydrogens is 462 g/mol. The Bertz CT molecular complexity index is 1380. The van der Waals surface area contributed by atoms with Crippen molar-refractivity contribution in [1.82, 2.24) is 14.5 Å². The molecule has 0 aliphatic rings. The SMILES string of the molecule is CCCCCCN(C(=O)c1ccco1)C(C)c1nc2ccccc2c(=O)n1-c1cccc(Cl)c1C. The van der Waals surface area contributed by atoms with E-state index in [1.54, 1.807) is 33.7 Å². The number of aromatic nitrogens is 2. The summed E-state index contributed by atoms with van der Waals surface area (Å²) in [5.41, 5.74) is 1.82. The fourth-order valence-electron chi connectivity index (χ4n) is 4.36. The summed E-state index contributed by atoms with van der Waals surface area (Å²) >= 11 is 6.43. The van der Waals surface area contributed by atoms with Crippen LogP contribution in [0.15, 0.2) is 70.1 Å². The lowest BCUT2D eigenvalue weighted by Gasteiger charge is -2.30. The second-order valence-electron chi connectivity index (χ2n) is 8.72. The molecule has 1 amide bonds. The lowest BCUT2D eigenvalue weighted by atomic mass is 10.1. The number of hydrogen-bond acceptors (Lipinski definition) is 4. The van der Waals surface area contributed by atoms with Gasteiger partial charge < -0.3 is 9.32 Å². The number of carbonyl (C=O) groups is 1. The number of para-hydroxylation sites is 1. The van der Waals surface area contributed by atoms with Crippen LogP contribution >= 0.6 is 11.6 Å².